The second kappa shape index (κ2) is 7.46. The highest BCUT2D eigenvalue weighted by Crippen LogP contribution is 2.14. The Kier molecular flexibility index (Phi) is 6.18. The van der Waals surface area contributed by atoms with Gasteiger partial charge in [-0.3, -0.25) is 4.84 Å². The number of carbonyl (C=O) groups excluding carboxylic acids is 1. The van der Waals surface area contributed by atoms with E-state index in [1.165, 1.54) is 7.11 Å². The summed E-state index contributed by atoms with van der Waals surface area (Å²) >= 11 is 0. The summed E-state index contributed by atoms with van der Waals surface area (Å²) in [6, 6.07) is -0.154. The maximum atomic E-state index is 11.5. The summed E-state index contributed by atoms with van der Waals surface area (Å²) in [5.74, 6) is 0. The van der Waals surface area contributed by atoms with Crippen LogP contribution in [-0.2, 0) is 9.57 Å². The zero-order valence-corrected chi connectivity index (χ0v) is 10.2. The van der Waals surface area contributed by atoms with Crippen LogP contribution in [0.1, 0.15) is 32.6 Å². The van der Waals surface area contributed by atoms with Crippen LogP contribution in [0.3, 0.4) is 0 Å². The highest BCUT2D eigenvalue weighted by Gasteiger charge is 2.20. The molecule has 1 saturated heterocycles. The number of urea groups is 1. The summed E-state index contributed by atoms with van der Waals surface area (Å²) in [4.78, 5) is 17.9. The van der Waals surface area contributed by atoms with E-state index in [1.54, 1.807) is 4.90 Å². The number of hydrogen-bond donors (Lipinski definition) is 1. The number of ether oxygens (including phenoxy) is 1. The Morgan fingerprint density at radius 3 is 2.94 bits per heavy atom. The van der Waals surface area contributed by atoms with Crippen molar-refractivity contribution in [1.82, 2.24) is 10.4 Å². The second-order valence-electron chi connectivity index (χ2n) is 4.02. The number of amides is 2. The van der Waals surface area contributed by atoms with Crippen molar-refractivity contribution in [3.63, 3.8) is 0 Å². The quantitative estimate of drug-likeness (QED) is 0.745. The second-order valence-corrected chi connectivity index (χ2v) is 4.02. The number of hydroxylamine groups is 1. The molecule has 0 unspecified atom stereocenters. The molecule has 5 heteroatoms. The van der Waals surface area contributed by atoms with Crippen molar-refractivity contribution in [1.29, 1.82) is 0 Å². The molecule has 5 nitrogen and oxygen atoms in total. The topological polar surface area (TPSA) is 50.8 Å². The van der Waals surface area contributed by atoms with Crippen LogP contribution < -0.4 is 5.48 Å². The van der Waals surface area contributed by atoms with E-state index >= 15 is 0 Å². The van der Waals surface area contributed by atoms with Gasteiger partial charge in [0, 0.05) is 19.7 Å². The maximum absolute atomic E-state index is 11.5. The van der Waals surface area contributed by atoms with Gasteiger partial charge in [-0.2, -0.15) is 0 Å². The first kappa shape index (κ1) is 13.3. The smallest absolute Gasteiger partial charge is 0.341 e. The lowest BCUT2D eigenvalue weighted by Gasteiger charge is -2.20. The first-order valence-electron chi connectivity index (χ1n) is 5.97. The standard InChI is InChI=1S/C11H22N2O3/c1-3-9-16-10-5-4-7-13(8-6-10)11(14)12-15-2/h10H,3-9H2,1-2H3,(H,12,14)/t10-/m0/s1. The molecule has 1 N–H and O–H groups in total. The lowest BCUT2D eigenvalue weighted by Crippen LogP contribution is -2.40. The Bertz CT molecular complexity index is 211. The van der Waals surface area contributed by atoms with Crippen molar-refractivity contribution in [2.24, 2.45) is 0 Å². The lowest BCUT2D eigenvalue weighted by atomic mass is 10.2. The Morgan fingerprint density at radius 2 is 2.25 bits per heavy atom. The molecule has 1 rings (SSSR count). The number of carbonyl (C=O) groups is 1. The van der Waals surface area contributed by atoms with Gasteiger partial charge in [0.15, 0.2) is 0 Å². The van der Waals surface area contributed by atoms with E-state index in [0.717, 1.165) is 45.4 Å². The molecule has 0 aliphatic carbocycles. The zero-order valence-electron chi connectivity index (χ0n) is 10.2. The molecule has 0 spiro atoms. The Morgan fingerprint density at radius 1 is 1.44 bits per heavy atom. The highest BCUT2D eigenvalue weighted by molar-refractivity contribution is 5.72. The fourth-order valence-electron chi connectivity index (χ4n) is 1.87. The third-order valence-electron chi connectivity index (χ3n) is 2.71. The van der Waals surface area contributed by atoms with Crippen molar-refractivity contribution in [2.45, 2.75) is 38.7 Å². The molecule has 0 aromatic carbocycles. The van der Waals surface area contributed by atoms with E-state index < -0.39 is 0 Å². The zero-order chi connectivity index (χ0) is 11.8. The molecule has 0 aromatic heterocycles. The molecule has 2 amide bonds. The number of likely N-dealkylation sites (tertiary alicyclic amines) is 1. The number of hydrogen-bond acceptors (Lipinski definition) is 3. The number of nitrogens with zero attached hydrogens (tertiary/aromatic N) is 1. The van der Waals surface area contributed by atoms with Gasteiger partial charge in [-0.25, -0.2) is 10.3 Å². The van der Waals surface area contributed by atoms with Crippen LogP contribution in [0.25, 0.3) is 0 Å². The minimum atomic E-state index is -0.154. The van der Waals surface area contributed by atoms with Gasteiger partial charge in [0.25, 0.3) is 0 Å². The van der Waals surface area contributed by atoms with E-state index in [1.807, 2.05) is 0 Å². The van der Waals surface area contributed by atoms with Gasteiger partial charge in [0.05, 0.1) is 13.2 Å². The predicted molar refractivity (Wildman–Crippen MR) is 61.0 cm³/mol. The minimum absolute atomic E-state index is 0.154. The predicted octanol–water partition coefficient (Wildman–Crippen LogP) is 1.54. The fraction of sp³-hybridized carbons (Fsp3) is 0.909. The Balaban J connectivity index is 2.31. The van der Waals surface area contributed by atoms with Crippen LogP contribution in [0, 0.1) is 0 Å². The van der Waals surface area contributed by atoms with Crippen molar-refractivity contribution >= 4 is 6.03 Å². The Hall–Kier alpha value is -0.810. The number of rotatable bonds is 4. The molecule has 1 aliphatic rings. The van der Waals surface area contributed by atoms with Crippen LogP contribution in [0.4, 0.5) is 4.79 Å². The summed E-state index contributed by atoms with van der Waals surface area (Å²) in [6.07, 6.45) is 4.30. The largest absolute Gasteiger partial charge is 0.378 e. The van der Waals surface area contributed by atoms with Gasteiger partial charge in [-0.05, 0) is 25.7 Å². The molecule has 1 aliphatic heterocycles. The molecule has 1 fully saturated rings. The average molecular weight is 230 g/mol. The SMILES string of the molecule is CCCO[C@H]1CCCN(C(=O)NOC)CC1. The van der Waals surface area contributed by atoms with Crippen LogP contribution in [0.15, 0.2) is 0 Å². The number of nitrogens with one attached hydrogen (secondary N) is 1. The minimum Gasteiger partial charge on any atom is -0.378 e. The van der Waals surface area contributed by atoms with E-state index in [9.17, 15) is 4.79 Å². The molecular weight excluding hydrogens is 208 g/mol. The van der Waals surface area contributed by atoms with Gasteiger partial charge >= 0.3 is 6.03 Å². The molecule has 0 saturated carbocycles. The van der Waals surface area contributed by atoms with Crippen LogP contribution in [-0.4, -0.2) is 43.8 Å². The monoisotopic (exact) mass is 230 g/mol. The van der Waals surface area contributed by atoms with E-state index in [2.05, 4.69) is 17.2 Å². The summed E-state index contributed by atoms with van der Waals surface area (Å²) in [5.41, 5.74) is 2.35. The van der Waals surface area contributed by atoms with E-state index in [0.29, 0.717) is 6.10 Å². The fourth-order valence-corrected chi connectivity index (χ4v) is 1.87. The molecule has 16 heavy (non-hydrogen) atoms. The highest BCUT2D eigenvalue weighted by atomic mass is 16.6. The first-order valence-corrected chi connectivity index (χ1v) is 5.97. The van der Waals surface area contributed by atoms with Crippen molar-refractivity contribution in [3.8, 4) is 0 Å². The van der Waals surface area contributed by atoms with Crippen LogP contribution in [0.2, 0.25) is 0 Å². The summed E-state index contributed by atoms with van der Waals surface area (Å²) in [5, 5.41) is 0. The van der Waals surface area contributed by atoms with Gasteiger partial charge < -0.3 is 9.64 Å². The summed E-state index contributed by atoms with van der Waals surface area (Å²) in [6.45, 7) is 4.44. The molecule has 0 aromatic rings. The molecular formula is C11H22N2O3. The van der Waals surface area contributed by atoms with Crippen molar-refractivity contribution in [3.05, 3.63) is 0 Å². The molecule has 94 valence electrons. The van der Waals surface area contributed by atoms with Crippen LogP contribution >= 0.6 is 0 Å². The van der Waals surface area contributed by atoms with E-state index in [4.69, 9.17) is 4.74 Å². The van der Waals surface area contributed by atoms with Gasteiger partial charge in [-0.1, -0.05) is 6.92 Å². The molecule has 0 radical (unpaired) electrons. The Labute approximate surface area is 97.0 Å². The third-order valence-corrected chi connectivity index (χ3v) is 2.71. The van der Waals surface area contributed by atoms with Gasteiger partial charge in [0.1, 0.15) is 0 Å². The maximum Gasteiger partial charge on any atom is 0.341 e. The first-order chi connectivity index (χ1) is 7.77. The third kappa shape index (κ3) is 4.37. The normalized spacial score (nSPS) is 21.6. The molecule has 1 atom stereocenters. The van der Waals surface area contributed by atoms with Crippen molar-refractivity contribution < 1.29 is 14.4 Å². The van der Waals surface area contributed by atoms with Gasteiger partial charge in [-0.15, -0.1) is 0 Å². The van der Waals surface area contributed by atoms with E-state index in [-0.39, 0.29) is 6.03 Å². The van der Waals surface area contributed by atoms with Crippen LogP contribution in [0.5, 0.6) is 0 Å². The summed E-state index contributed by atoms with van der Waals surface area (Å²) < 4.78 is 5.71. The molecule has 1 heterocycles. The van der Waals surface area contributed by atoms with Gasteiger partial charge in [0.2, 0.25) is 0 Å². The molecule has 0 bridgehead atoms. The average Bonchev–Trinajstić information content (AvgIpc) is 2.52. The van der Waals surface area contributed by atoms with Crippen molar-refractivity contribution in [2.75, 3.05) is 26.8 Å². The summed E-state index contributed by atoms with van der Waals surface area (Å²) in [7, 11) is 1.45. The lowest BCUT2D eigenvalue weighted by molar-refractivity contribution is 0.0435.